The molecule has 0 aliphatic carbocycles. The Balaban J connectivity index is 1.79. The second kappa shape index (κ2) is 10.3. The fourth-order valence-electron chi connectivity index (χ4n) is 1.81. The summed E-state index contributed by atoms with van der Waals surface area (Å²) < 4.78 is 40.7. The molecule has 0 bridgehead atoms. The van der Waals surface area contributed by atoms with Crippen LogP contribution in [0.2, 0.25) is 0 Å². The molecule has 1 aromatic carbocycles. The van der Waals surface area contributed by atoms with Gasteiger partial charge in [0.2, 0.25) is 11.0 Å². The predicted molar refractivity (Wildman–Crippen MR) is 103 cm³/mol. The number of carbonyl (C=O) groups is 2. The van der Waals surface area contributed by atoms with Gasteiger partial charge in [-0.05, 0) is 30.2 Å². The van der Waals surface area contributed by atoms with E-state index in [-0.39, 0.29) is 17.4 Å². The van der Waals surface area contributed by atoms with E-state index in [0.29, 0.717) is 21.7 Å². The number of urea groups is 1. The molecule has 0 radical (unpaired) electrons. The van der Waals surface area contributed by atoms with E-state index in [1.54, 1.807) is 0 Å². The Labute approximate surface area is 172 Å². The highest BCUT2D eigenvalue weighted by molar-refractivity contribution is 8.01. The highest BCUT2D eigenvalue weighted by atomic mass is 32.2. The van der Waals surface area contributed by atoms with Crippen molar-refractivity contribution in [3.05, 3.63) is 24.3 Å². The molecule has 29 heavy (non-hydrogen) atoms. The summed E-state index contributed by atoms with van der Waals surface area (Å²) in [4.78, 5) is 23.3. The summed E-state index contributed by atoms with van der Waals surface area (Å²) in [6, 6.07) is 4.58. The summed E-state index contributed by atoms with van der Waals surface area (Å²) in [5, 5.41) is 15.9. The van der Waals surface area contributed by atoms with Gasteiger partial charge in [-0.15, -0.1) is 23.4 Å². The molecule has 158 valence electrons. The first-order valence-corrected chi connectivity index (χ1v) is 10.1. The number of amides is 3. The van der Waals surface area contributed by atoms with Crippen molar-refractivity contribution in [2.24, 2.45) is 5.92 Å². The van der Waals surface area contributed by atoms with Crippen molar-refractivity contribution < 1.29 is 27.5 Å². The molecule has 1 heterocycles. The van der Waals surface area contributed by atoms with Crippen LogP contribution in [-0.4, -0.2) is 40.8 Å². The first-order valence-electron chi connectivity index (χ1n) is 8.27. The van der Waals surface area contributed by atoms with Crippen LogP contribution in [0, 0.1) is 5.92 Å². The van der Waals surface area contributed by atoms with Gasteiger partial charge in [-0.25, -0.2) is 4.79 Å². The molecule has 0 fully saturated rings. The van der Waals surface area contributed by atoms with Gasteiger partial charge in [0.25, 0.3) is 0 Å². The Morgan fingerprint density at radius 3 is 2.52 bits per heavy atom. The molecule has 8 nitrogen and oxygen atoms in total. The van der Waals surface area contributed by atoms with E-state index in [1.165, 1.54) is 24.3 Å². The molecule has 3 N–H and O–H groups in total. The fraction of sp³-hybridized carbons (Fsp3) is 0.375. The van der Waals surface area contributed by atoms with Crippen LogP contribution in [0.1, 0.15) is 13.8 Å². The lowest BCUT2D eigenvalue weighted by atomic mass is 10.2. The van der Waals surface area contributed by atoms with Crippen LogP contribution in [0.4, 0.5) is 28.8 Å². The number of nitrogens with one attached hydrogen (secondary N) is 3. The third-order valence-electron chi connectivity index (χ3n) is 3.00. The van der Waals surface area contributed by atoms with Gasteiger partial charge in [0.1, 0.15) is 5.75 Å². The number of ether oxygens (including phenoxy) is 1. The molecular weight excluding hydrogens is 431 g/mol. The van der Waals surface area contributed by atoms with Gasteiger partial charge in [-0.2, -0.15) is 0 Å². The minimum atomic E-state index is -4.75. The molecule has 0 saturated carbocycles. The maximum Gasteiger partial charge on any atom is 0.573 e. The van der Waals surface area contributed by atoms with Crippen molar-refractivity contribution in [3.63, 3.8) is 0 Å². The zero-order valence-electron chi connectivity index (χ0n) is 15.4. The SMILES string of the molecule is CC(C)CNC(=O)NC(=O)CSc1nnc(Nc2ccc(OC(F)(F)F)cc2)s1. The van der Waals surface area contributed by atoms with E-state index in [2.05, 4.69) is 30.9 Å². The lowest BCUT2D eigenvalue weighted by molar-refractivity contribution is -0.274. The largest absolute Gasteiger partial charge is 0.573 e. The van der Waals surface area contributed by atoms with Crippen molar-refractivity contribution in [3.8, 4) is 5.75 Å². The van der Waals surface area contributed by atoms with Crippen molar-refractivity contribution >= 4 is 45.9 Å². The highest BCUT2D eigenvalue weighted by Crippen LogP contribution is 2.29. The van der Waals surface area contributed by atoms with E-state index in [0.717, 1.165) is 23.1 Å². The zero-order chi connectivity index (χ0) is 21.4. The third-order valence-corrected chi connectivity index (χ3v) is 4.97. The Morgan fingerprint density at radius 2 is 1.90 bits per heavy atom. The molecule has 0 unspecified atom stereocenters. The molecule has 13 heteroatoms. The van der Waals surface area contributed by atoms with Crippen LogP contribution in [0.25, 0.3) is 0 Å². The monoisotopic (exact) mass is 449 g/mol. The molecule has 1 aromatic heterocycles. The molecule has 2 aromatic rings. The standard InChI is InChI=1S/C16H18F3N5O3S2/c1-9(2)7-20-13(26)22-12(25)8-28-15-24-23-14(29-15)21-10-3-5-11(6-4-10)27-16(17,18)19/h3-6,9H,7-8H2,1-2H3,(H,21,23)(H2,20,22,25,26). The Kier molecular flexibility index (Phi) is 8.08. The van der Waals surface area contributed by atoms with E-state index >= 15 is 0 Å². The van der Waals surface area contributed by atoms with Gasteiger partial charge in [0, 0.05) is 12.2 Å². The summed E-state index contributed by atoms with van der Waals surface area (Å²) in [7, 11) is 0. The number of imide groups is 1. The van der Waals surface area contributed by atoms with Gasteiger partial charge in [-0.3, -0.25) is 10.1 Å². The number of hydrogen-bond acceptors (Lipinski definition) is 8. The summed E-state index contributed by atoms with van der Waals surface area (Å²) in [6.45, 7) is 4.33. The zero-order valence-corrected chi connectivity index (χ0v) is 17.0. The first kappa shape index (κ1) is 22.7. The van der Waals surface area contributed by atoms with Crippen LogP contribution in [-0.2, 0) is 4.79 Å². The smallest absolute Gasteiger partial charge is 0.406 e. The number of halogens is 3. The Hall–Kier alpha value is -2.54. The Bertz CT molecular complexity index is 828. The first-order chi connectivity index (χ1) is 13.6. The number of rotatable bonds is 8. The van der Waals surface area contributed by atoms with Crippen LogP contribution >= 0.6 is 23.1 Å². The van der Waals surface area contributed by atoms with Gasteiger partial charge in [0.05, 0.1) is 5.75 Å². The van der Waals surface area contributed by atoms with Gasteiger partial charge < -0.3 is 15.4 Å². The summed E-state index contributed by atoms with van der Waals surface area (Å²) in [5.41, 5.74) is 0.492. The Morgan fingerprint density at radius 1 is 1.21 bits per heavy atom. The summed E-state index contributed by atoms with van der Waals surface area (Å²) >= 11 is 2.26. The fourth-order valence-corrected chi connectivity index (χ4v) is 3.39. The second-order valence-corrected chi connectivity index (χ2v) is 8.21. The predicted octanol–water partition coefficient (Wildman–Crippen LogP) is 3.75. The average molecular weight is 449 g/mol. The van der Waals surface area contributed by atoms with Crippen LogP contribution in [0.3, 0.4) is 0 Å². The van der Waals surface area contributed by atoms with Gasteiger partial charge in [-0.1, -0.05) is 36.9 Å². The van der Waals surface area contributed by atoms with Crippen LogP contribution in [0.5, 0.6) is 5.75 Å². The number of thioether (sulfide) groups is 1. The lowest BCUT2D eigenvalue weighted by Crippen LogP contribution is -2.41. The number of anilines is 2. The molecule has 0 saturated heterocycles. The van der Waals surface area contributed by atoms with Gasteiger partial charge >= 0.3 is 12.4 Å². The molecule has 2 rings (SSSR count). The van der Waals surface area contributed by atoms with E-state index < -0.39 is 18.3 Å². The molecule has 0 atom stereocenters. The molecule has 3 amide bonds. The van der Waals surface area contributed by atoms with E-state index in [9.17, 15) is 22.8 Å². The number of nitrogens with zero attached hydrogens (tertiary/aromatic N) is 2. The summed E-state index contributed by atoms with van der Waals surface area (Å²) in [5.74, 6) is -0.556. The summed E-state index contributed by atoms with van der Waals surface area (Å²) in [6.07, 6.45) is -4.75. The van der Waals surface area contributed by atoms with Crippen molar-refractivity contribution in [2.75, 3.05) is 17.6 Å². The minimum absolute atomic E-state index is 0.0206. The molecule has 0 aliphatic heterocycles. The normalized spacial score (nSPS) is 11.2. The van der Waals surface area contributed by atoms with Crippen molar-refractivity contribution in [2.45, 2.75) is 24.5 Å². The van der Waals surface area contributed by atoms with Crippen molar-refractivity contribution in [1.29, 1.82) is 0 Å². The van der Waals surface area contributed by atoms with Gasteiger partial charge in [0.15, 0.2) is 4.34 Å². The highest BCUT2D eigenvalue weighted by Gasteiger charge is 2.30. The third kappa shape index (κ3) is 9.00. The average Bonchev–Trinajstić information content (AvgIpc) is 3.06. The van der Waals surface area contributed by atoms with E-state index in [4.69, 9.17) is 0 Å². The maximum absolute atomic E-state index is 12.2. The topological polar surface area (TPSA) is 105 Å². The minimum Gasteiger partial charge on any atom is -0.406 e. The maximum atomic E-state index is 12.2. The second-order valence-electron chi connectivity index (χ2n) is 6.01. The van der Waals surface area contributed by atoms with Crippen LogP contribution < -0.4 is 20.7 Å². The van der Waals surface area contributed by atoms with E-state index in [1.807, 2.05) is 13.8 Å². The molecule has 0 spiro atoms. The number of hydrogen-bond donors (Lipinski definition) is 3. The number of carbonyl (C=O) groups excluding carboxylic acids is 2. The molecule has 0 aliphatic rings. The number of alkyl halides is 3. The quantitative estimate of drug-likeness (QED) is 0.527. The van der Waals surface area contributed by atoms with Crippen molar-refractivity contribution in [1.82, 2.24) is 20.8 Å². The number of aromatic nitrogens is 2. The van der Waals surface area contributed by atoms with Crippen LogP contribution in [0.15, 0.2) is 28.6 Å². The molecular formula is C16H18F3N5O3S2. The lowest BCUT2D eigenvalue weighted by Gasteiger charge is -2.09. The number of benzene rings is 1.